The SMILES string of the molecule is CC(C)(C)c1nc(-c2cccc(NS(=O)(=O)CCC(F)(F)F)c2F)c(-c2ccnc(Cl)n2)s1. The van der Waals surface area contributed by atoms with E-state index in [1.807, 2.05) is 25.5 Å². The zero-order valence-corrected chi connectivity index (χ0v) is 20.1. The second kappa shape index (κ2) is 9.15. The van der Waals surface area contributed by atoms with Crippen molar-refractivity contribution in [2.24, 2.45) is 0 Å². The predicted octanol–water partition coefficient (Wildman–Crippen LogP) is 6.05. The maximum absolute atomic E-state index is 15.4. The molecular weight excluding hydrogens is 504 g/mol. The number of anilines is 1. The molecule has 0 saturated carbocycles. The van der Waals surface area contributed by atoms with Crippen molar-refractivity contribution in [2.75, 3.05) is 10.5 Å². The summed E-state index contributed by atoms with van der Waals surface area (Å²) in [5.74, 6) is -2.20. The fraction of sp³-hybridized carbons (Fsp3) is 0.350. The van der Waals surface area contributed by atoms with Gasteiger partial charge in [-0.15, -0.1) is 11.3 Å². The van der Waals surface area contributed by atoms with Gasteiger partial charge >= 0.3 is 6.18 Å². The van der Waals surface area contributed by atoms with Crippen molar-refractivity contribution in [3.63, 3.8) is 0 Å². The summed E-state index contributed by atoms with van der Waals surface area (Å²) in [5.41, 5.74) is -0.307. The van der Waals surface area contributed by atoms with Crippen LogP contribution in [0.5, 0.6) is 0 Å². The van der Waals surface area contributed by atoms with Crippen LogP contribution in [0.3, 0.4) is 0 Å². The van der Waals surface area contributed by atoms with Crippen LogP contribution in [0.25, 0.3) is 21.8 Å². The predicted molar refractivity (Wildman–Crippen MR) is 120 cm³/mol. The fourth-order valence-electron chi connectivity index (χ4n) is 2.72. The van der Waals surface area contributed by atoms with Crippen molar-refractivity contribution in [3.8, 4) is 21.8 Å². The Morgan fingerprint density at radius 3 is 2.42 bits per heavy atom. The van der Waals surface area contributed by atoms with Gasteiger partial charge in [0.1, 0.15) is 0 Å². The molecule has 0 saturated heterocycles. The molecule has 178 valence electrons. The second-order valence-electron chi connectivity index (χ2n) is 8.11. The first-order valence-corrected chi connectivity index (χ1v) is 12.4. The molecule has 0 aliphatic rings. The molecular formula is C20H19ClF4N4O2S2. The van der Waals surface area contributed by atoms with E-state index in [2.05, 4.69) is 15.0 Å². The van der Waals surface area contributed by atoms with Crippen molar-refractivity contribution in [2.45, 2.75) is 38.8 Å². The van der Waals surface area contributed by atoms with Gasteiger partial charge in [-0.05, 0) is 29.8 Å². The maximum Gasteiger partial charge on any atom is 0.390 e. The number of nitrogens with zero attached hydrogens (tertiary/aromatic N) is 3. The first kappa shape index (κ1) is 25.3. The third kappa shape index (κ3) is 6.39. The van der Waals surface area contributed by atoms with E-state index in [1.165, 1.54) is 29.7 Å². The van der Waals surface area contributed by atoms with Crippen molar-refractivity contribution < 1.29 is 26.0 Å². The molecule has 1 aromatic carbocycles. The Hall–Kier alpha value is -2.31. The summed E-state index contributed by atoms with van der Waals surface area (Å²) in [6.07, 6.45) is -4.78. The highest BCUT2D eigenvalue weighted by Crippen LogP contribution is 2.42. The molecule has 33 heavy (non-hydrogen) atoms. The number of nitrogens with one attached hydrogen (secondary N) is 1. The number of rotatable bonds is 6. The van der Waals surface area contributed by atoms with Gasteiger partial charge in [-0.2, -0.15) is 13.2 Å². The van der Waals surface area contributed by atoms with Gasteiger partial charge in [0.15, 0.2) is 5.82 Å². The Morgan fingerprint density at radius 1 is 1.12 bits per heavy atom. The van der Waals surface area contributed by atoms with E-state index in [1.54, 1.807) is 6.07 Å². The zero-order chi connectivity index (χ0) is 24.6. The smallest absolute Gasteiger partial charge is 0.281 e. The van der Waals surface area contributed by atoms with Crippen molar-refractivity contribution in [3.05, 3.63) is 46.6 Å². The van der Waals surface area contributed by atoms with Crippen LogP contribution in [0, 0.1) is 5.82 Å². The lowest BCUT2D eigenvalue weighted by atomic mass is 9.98. The summed E-state index contributed by atoms with van der Waals surface area (Å²) >= 11 is 7.18. The average Bonchev–Trinajstić information content (AvgIpc) is 3.13. The molecule has 2 heterocycles. The summed E-state index contributed by atoms with van der Waals surface area (Å²) in [6, 6.07) is 5.49. The number of halogens is 5. The van der Waals surface area contributed by atoms with Crippen LogP contribution in [-0.4, -0.2) is 35.3 Å². The van der Waals surface area contributed by atoms with Crippen molar-refractivity contribution in [1.82, 2.24) is 15.0 Å². The van der Waals surface area contributed by atoms with Gasteiger partial charge in [0.2, 0.25) is 15.3 Å². The number of thiazole rings is 1. The maximum atomic E-state index is 15.4. The molecule has 0 radical (unpaired) electrons. The Kier molecular flexibility index (Phi) is 7.02. The average molecular weight is 523 g/mol. The van der Waals surface area contributed by atoms with Crippen LogP contribution in [0.15, 0.2) is 30.5 Å². The van der Waals surface area contributed by atoms with Gasteiger partial charge in [0, 0.05) is 17.2 Å². The van der Waals surface area contributed by atoms with E-state index < -0.39 is 39.9 Å². The summed E-state index contributed by atoms with van der Waals surface area (Å²) in [7, 11) is -4.44. The monoisotopic (exact) mass is 522 g/mol. The van der Waals surface area contributed by atoms with Crippen LogP contribution < -0.4 is 4.72 Å². The lowest BCUT2D eigenvalue weighted by Crippen LogP contribution is -2.22. The topological polar surface area (TPSA) is 84.8 Å². The normalized spacial score (nSPS) is 12.7. The molecule has 6 nitrogen and oxygen atoms in total. The number of benzene rings is 1. The number of hydrogen-bond acceptors (Lipinski definition) is 6. The minimum absolute atomic E-state index is 0.0178. The van der Waals surface area contributed by atoms with Crippen LogP contribution in [0.1, 0.15) is 32.2 Å². The Labute approximate surface area is 197 Å². The van der Waals surface area contributed by atoms with E-state index in [0.29, 0.717) is 15.6 Å². The van der Waals surface area contributed by atoms with Crippen LogP contribution in [-0.2, 0) is 15.4 Å². The first-order chi connectivity index (χ1) is 15.2. The highest BCUT2D eigenvalue weighted by Gasteiger charge is 2.31. The highest BCUT2D eigenvalue weighted by molar-refractivity contribution is 7.92. The molecule has 2 aromatic heterocycles. The first-order valence-electron chi connectivity index (χ1n) is 9.53. The third-order valence-corrected chi connectivity index (χ3v) is 7.26. The van der Waals surface area contributed by atoms with Crippen molar-refractivity contribution >= 4 is 38.6 Å². The molecule has 0 fully saturated rings. The Bertz CT molecular complexity index is 1270. The van der Waals surface area contributed by atoms with Gasteiger partial charge in [-0.1, -0.05) is 26.8 Å². The summed E-state index contributed by atoms with van der Waals surface area (Å²) < 4.78 is 78.8. The second-order valence-corrected chi connectivity index (χ2v) is 11.3. The van der Waals surface area contributed by atoms with Crippen LogP contribution in [0.4, 0.5) is 23.2 Å². The van der Waals surface area contributed by atoms with Gasteiger partial charge in [-0.3, -0.25) is 4.72 Å². The van der Waals surface area contributed by atoms with Gasteiger partial charge in [-0.25, -0.2) is 27.8 Å². The third-order valence-electron chi connectivity index (χ3n) is 4.30. The van der Waals surface area contributed by atoms with E-state index >= 15 is 4.39 Å². The fourth-order valence-corrected chi connectivity index (χ4v) is 5.07. The molecule has 3 aromatic rings. The molecule has 0 aliphatic carbocycles. The summed E-state index contributed by atoms with van der Waals surface area (Å²) in [6.45, 7) is 5.77. The van der Waals surface area contributed by atoms with Crippen molar-refractivity contribution in [1.29, 1.82) is 0 Å². The summed E-state index contributed by atoms with van der Waals surface area (Å²) in [4.78, 5) is 13.1. The minimum atomic E-state index is -4.66. The minimum Gasteiger partial charge on any atom is -0.281 e. The van der Waals surface area contributed by atoms with E-state index in [9.17, 15) is 21.6 Å². The van der Waals surface area contributed by atoms with Gasteiger partial charge in [0.25, 0.3) is 0 Å². The number of hydrogen-bond donors (Lipinski definition) is 1. The largest absolute Gasteiger partial charge is 0.390 e. The Morgan fingerprint density at radius 2 is 1.82 bits per heavy atom. The molecule has 0 aliphatic heterocycles. The lowest BCUT2D eigenvalue weighted by molar-refractivity contribution is -0.129. The van der Waals surface area contributed by atoms with E-state index in [0.717, 1.165) is 6.07 Å². The number of aromatic nitrogens is 3. The lowest BCUT2D eigenvalue weighted by Gasteiger charge is -2.14. The zero-order valence-electron chi connectivity index (χ0n) is 17.7. The number of sulfonamides is 1. The highest BCUT2D eigenvalue weighted by atomic mass is 35.5. The van der Waals surface area contributed by atoms with E-state index in [4.69, 9.17) is 11.6 Å². The van der Waals surface area contributed by atoms with Crippen LogP contribution in [0.2, 0.25) is 5.28 Å². The molecule has 0 spiro atoms. The van der Waals surface area contributed by atoms with Gasteiger partial charge in [0.05, 0.1) is 39.1 Å². The van der Waals surface area contributed by atoms with Gasteiger partial charge < -0.3 is 0 Å². The molecule has 0 bridgehead atoms. The quantitative estimate of drug-likeness (QED) is 0.314. The standard InChI is InChI=1S/C20H19ClF4N4O2S2/c1-19(2,3)17-28-15(16(32-17)13-7-9-26-18(21)27-13)11-5-4-6-12(14(11)22)29-33(30,31)10-8-20(23,24)25/h4-7,9,29H,8,10H2,1-3H3. The summed E-state index contributed by atoms with van der Waals surface area (Å²) in [5, 5.41) is 0.647. The molecule has 0 amide bonds. The molecule has 0 atom stereocenters. The number of alkyl halides is 3. The molecule has 3 rings (SSSR count). The van der Waals surface area contributed by atoms with E-state index in [-0.39, 0.29) is 22.0 Å². The molecule has 13 heteroatoms. The van der Waals surface area contributed by atoms with Crippen LogP contribution >= 0.6 is 22.9 Å². The Balaban J connectivity index is 2.08. The molecule has 0 unspecified atom stereocenters. The molecule has 1 N–H and O–H groups in total.